The Balaban J connectivity index is 0.00000240. The third-order valence-corrected chi connectivity index (χ3v) is 6.03. The van der Waals surface area contributed by atoms with Crippen molar-refractivity contribution in [1.82, 2.24) is 9.80 Å². The van der Waals surface area contributed by atoms with Gasteiger partial charge >= 0.3 is 0 Å². The average molecular weight is 489 g/mol. The fraction of sp³-hybridized carbons (Fsp3) is 0.522. The molecule has 1 heterocycles. The number of amides is 1. The molecule has 1 fully saturated rings. The highest BCUT2D eigenvalue weighted by Gasteiger charge is 2.31. The highest BCUT2D eigenvalue weighted by atomic mass is 35.5. The number of thiol groups is 1. The predicted molar refractivity (Wildman–Crippen MR) is 137 cm³/mol. The Morgan fingerprint density at radius 3 is 2.65 bits per heavy atom. The van der Waals surface area contributed by atoms with Gasteiger partial charge in [0, 0.05) is 62.8 Å². The summed E-state index contributed by atoms with van der Waals surface area (Å²) in [6, 6.07) is 14.3. The van der Waals surface area contributed by atoms with Gasteiger partial charge in [0.15, 0.2) is 0 Å². The number of rotatable bonds is 9. The van der Waals surface area contributed by atoms with E-state index in [1.807, 2.05) is 35.2 Å². The van der Waals surface area contributed by atoms with Gasteiger partial charge in [0.2, 0.25) is 0 Å². The fourth-order valence-electron chi connectivity index (χ4n) is 4.00. The van der Waals surface area contributed by atoms with Crippen molar-refractivity contribution in [2.24, 2.45) is 5.73 Å². The molecule has 5 nitrogen and oxygen atoms in total. The van der Waals surface area contributed by atoms with Crippen LogP contribution in [-0.2, 0) is 4.74 Å². The highest BCUT2D eigenvalue weighted by molar-refractivity contribution is 7.80. The zero-order valence-electron chi connectivity index (χ0n) is 18.1. The monoisotopic (exact) mass is 487 g/mol. The second-order valence-electron chi connectivity index (χ2n) is 7.77. The number of hydrogen-bond donors (Lipinski definition) is 2. The van der Waals surface area contributed by atoms with Crippen molar-refractivity contribution in [3.8, 4) is 0 Å². The lowest BCUT2D eigenvalue weighted by atomic mass is 10.0. The molecule has 0 unspecified atom stereocenters. The van der Waals surface area contributed by atoms with E-state index in [9.17, 15) is 4.79 Å². The van der Waals surface area contributed by atoms with Crippen molar-refractivity contribution in [3.63, 3.8) is 0 Å². The number of carbonyl (C=O) groups is 1. The molecular weight excluding hydrogens is 453 g/mol. The third kappa shape index (κ3) is 7.52. The summed E-state index contributed by atoms with van der Waals surface area (Å²) < 4.78 is 5.73. The summed E-state index contributed by atoms with van der Waals surface area (Å²) in [5, 5.41) is 2.11. The van der Waals surface area contributed by atoms with E-state index in [4.69, 9.17) is 10.5 Å². The number of nitrogens with two attached hydrogens (primary N) is 1. The average Bonchev–Trinajstić information content (AvgIpc) is 2.76. The molecule has 2 atom stereocenters. The first-order chi connectivity index (χ1) is 14.1. The van der Waals surface area contributed by atoms with Gasteiger partial charge in [0.1, 0.15) is 0 Å². The maximum atomic E-state index is 13.4. The van der Waals surface area contributed by atoms with Crippen LogP contribution < -0.4 is 5.73 Å². The summed E-state index contributed by atoms with van der Waals surface area (Å²) in [7, 11) is 0. The Kier molecular flexibility index (Phi) is 12.8. The first kappa shape index (κ1) is 28.0. The molecule has 0 spiro atoms. The van der Waals surface area contributed by atoms with Gasteiger partial charge in [-0.05, 0) is 29.7 Å². The van der Waals surface area contributed by atoms with Gasteiger partial charge in [-0.2, -0.15) is 12.6 Å². The zero-order chi connectivity index (χ0) is 20.6. The number of ether oxygens (including phenoxy) is 1. The van der Waals surface area contributed by atoms with E-state index in [1.165, 1.54) is 0 Å². The predicted octanol–water partition coefficient (Wildman–Crippen LogP) is 3.88. The van der Waals surface area contributed by atoms with Crippen molar-refractivity contribution in [3.05, 3.63) is 48.0 Å². The summed E-state index contributed by atoms with van der Waals surface area (Å²) in [4.78, 5) is 17.8. The second-order valence-corrected chi connectivity index (χ2v) is 8.14. The van der Waals surface area contributed by atoms with Gasteiger partial charge in [-0.25, -0.2) is 0 Å². The molecule has 0 aliphatic carbocycles. The van der Waals surface area contributed by atoms with Gasteiger partial charge in [0.05, 0.1) is 0 Å². The number of fused-ring (bicyclic) bond motifs is 1. The number of halogens is 2. The largest absolute Gasteiger partial charge is 0.381 e. The third-order valence-electron chi connectivity index (χ3n) is 5.56. The molecule has 2 aromatic rings. The summed E-state index contributed by atoms with van der Waals surface area (Å²) in [6.07, 6.45) is 1.92. The van der Waals surface area contributed by atoms with E-state index in [-0.39, 0.29) is 42.8 Å². The smallest absolute Gasteiger partial charge is 0.254 e. The summed E-state index contributed by atoms with van der Waals surface area (Å²) in [5.41, 5.74) is 6.94. The highest BCUT2D eigenvalue weighted by Crippen LogP contribution is 2.22. The molecule has 8 heteroatoms. The summed E-state index contributed by atoms with van der Waals surface area (Å²) in [6.45, 7) is 6.66. The fourth-order valence-corrected chi connectivity index (χ4v) is 4.11. The molecule has 2 aromatic carbocycles. The van der Waals surface area contributed by atoms with E-state index >= 15 is 0 Å². The number of hydrogen-bond acceptors (Lipinski definition) is 5. The van der Waals surface area contributed by atoms with Crippen LogP contribution in [0.3, 0.4) is 0 Å². The minimum absolute atomic E-state index is 0. The minimum atomic E-state index is 0. The normalized spacial score (nSPS) is 17.6. The molecule has 1 amide bonds. The standard InChI is InChI=1S/C23H33N3O2S.2ClH/c1-2-13-28-14-10-20-16-26(12-11-25(20)15-19(24)17-29)23(27)22-9-5-7-18-6-3-4-8-21(18)22;;/h3-9,19-20,29H,2,10-17,24H2,1H3;2*1H/t19-,20+;;/m1../s1. The van der Waals surface area contributed by atoms with Gasteiger partial charge in [-0.15, -0.1) is 24.8 Å². The van der Waals surface area contributed by atoms with Gasteiger partial charge in [-0.3, -0.25) is 9.69 Å². The van der Waals surface area contributed by atoms with Crippen molar-refractivity contribution >= 4 is 54.1 Å². The van der Waals surface area contributed by atoms with Crippen LogP contribution in [0.2, 0.25) is 0 Å². The van der Waals surface area contributed by atoms with E-state index < -0.39 is 0 Å². The number of piperazine rings is 1. The van der Waals surface area contributed by atoms with Gasteiger partial charge < -0.3 is 15.4 Å². The summed E-state index contributed by atoms with van der Waals surface area (Å²) >= 11 is 4.33. The Bertz CT molecular complexity index is 806. The molecular formula is C23H35Cl2N3O2S. The molecule has 1 aliphatic heterocycles. The SMILES string of the molecule is CCCOCC[C@H]1CN(C(=O)c2cccc3ccccc23)CCN1C[C@@H](N)CS.Cl.Cl. The second kappa shape index (κ2) is 14.2. The maximum Gasteiger partial charge on any atom is 0.254 e. The molecule has 0 radical (unpaired) electrons. The minimum Gasteiger partial charge on any atom is -0.381 e. The van der Waals surface area contributed by atoms with E-state index in [1.54, 1.807) is 0 Å². The zero-order valence-corrected chi connectivity index (χ0v) is 20.6. The molecule has 1 saturated heterocycles. The molecule has 0 saturated carbocycles. The van der Waals surface area contributed by atoms with Crippen molar-refractivity contribution < 1.29 is 9.53 Å². The topological polar surface area (TPSA) is 58.8 Å². The van der Waals surface area contributed by atoms with Gasteiger partial charge in [0.25, 0.3) is 5.91 Å². The van der Waals surface area contributed by atoms with Crippen molar-refractivity contribution in [2.45, 2.75) is 31.8 Å². The molecule has 1 aliphatic rings. The van der Waals surface area contributed by atoms with Crippen molar-refractivity contribution in [2.75, 3.05) is 45.1 Å². The molecule has 3 rings (SSSR count). The molecule has 0 bridgehead atoms. The first-order valence-electron chi connectivity index (χ1n) is 10.6. The van der Waals surface area contributed by atoms with Crippen LogP contribution in [0.15, 0.2) is 42.5 Å². The molecule has 0 aromatic heterocycles. The van der Waals surface area contributed by atoms with E-state index in [2.05, 4.69) is 36.6 Å². The van der Waals surface area contributed by atoms with Crippen LogP contribution >= 0.6 is 37.4 Å². The molecule has 31 heavy (non-hydrogen) atoms. The van der Waals surface area contributed by atoms with Crippen LogP contribution in [0.1, 0.15) is 30.1 Å². The summed E-state index contributed by atoms with van der Waals surface area (Å²) in [5.74, 6) is 0.771. The Morgan fingerprint density at radius 2 is 1.90 bits per heavy atom. The maximum absolute atomic E-state index is 13.4. The van der Waals surface area contributed by atoms with E-state index in [0.717, 1.165) is 48.9 Å². The van der Waals surface area contributed by atoms with Crippen LogP contribution in [0.4, 0.5) is 0 Å². The lowest BCUT2D eigenvalue weighted by molar-refractivity contribution is 0.0339. The van der Waals surface area contributed by atoms with Crippen LogP contribution in [0.25, 0.3) is 10.8 Å². The Labute approximate surface area is 203 Å². The van der Waals surface area contributed by atoms with Crippen molar-refractivity contribution in [1.29, 1.82) is 0 Å². The number of benzene rings is 2. The quantitative estimate of drug-likeness (QED) is 0.416. The van der Waals surface area contributed by atoms with Crippen LogP contribution in [0.5, 0.6) is 0 Å². The number of carbonyl (C=O) groups excluding carboxylic acids is 1. The van der Waals surface area contributed by atoms with Gasteiger partial charge in [-0.1, -0.05) is 43.3 Å². The molecule has 2 N–H and O–H groups in total. The van der Waals surface area contributed by atoms with Crippen LogP contribution in [0, 0.1) is 0 Å². The molecule has 174 valence electrons. The van der Waals surface area contributed by atoms with E-state index in [0.29, 0.717) is 25.4 Å². The lowest BCUT2D eigenvalue weighted by Gasteiger charge is -2.42. The first-order valence-corrected chi connectivity index (χ1v) is 11.2. The number of nitrogens with zero attached hydrogens (tertiary/aromatic N) is 2. The lowest BCUT2D eigenvalue weighted by Crippen LogP contribution is -2.57. The van der Waals surface area contributed by atoms with Crippen LogP contribution in [-0.4, -0.2) is 72.9 Å². The Hall–Kier alpha value is -1.02. The Morgan fingerprint density at radius 1 is 1.16 bits per heavy atom.